The summed E-state index contributed by atoms with van der Waals surface area (Å²) in [7, 11) is 5.27. The quantitative estimate of drug-likeness (QED) is 0.195. The molecule has 2 aromatic carbocycles. The molecule has 4 aliphatic rings. The van der Waals surface area contributed by atoms with E-state index in [1.807, 2.05) is 34.1 Å². The Morgan fingerprint density at radius 1 is 0.857 bits per heavy atom. The molecule has 3 N–H and O–H groups in total. The number of likely N-dealkylation sites (tertiary alicyclic amines) is 1. The van der Waals surface area contributed by atoms with E-state index in [2.05, 4.69) is 73.6 Å². The molecule has 4 saturated heterocycles. The van der Waals surface area contributed by atoms with Gasteiger partial charge in [-0.05, 0) is 74.4 Å². The molecule has 4 fully saturated rings. The van der Waals surface area contributed by atoms with Crippen molar-refractivity contribution in [2.45, 2.75) is 88.4 Å². The number of alkyl carbamates (subject to hydrolysis) is 1. The van der Waals surface area contributed by atoms with Gasteiger partial charge in [-0.1, -0.05) is 62.4 Å². The lowest BCUT2D eigenvalue weighted by Gasteiger charge is -2.32. The Labute approximate surface area is 327 Å². The highest BCUT2D eigenvalue weighted by Gasteiger charge is 2.53. The van der Waals surface area contributed by atoms with Crippen LogP contribution in [0.3, 0.4) is 0 Å². The van der Waals surface area contributed by atoms with Crippen molar-refractivity contribution in [2.24, 2.45) is 5.92 Å². The van der Waals surface area contributed by atoms with Gasteiger partial charge in [0.15, 0.2) is 5.79 Å². The number of H-pyrrole nitrogens is 2. The molecule has 14 nitrogen and oxygen atoms in total. The maximum absolute atomic E-state index is 13.9. The maximum Gasteiger partial charge on any atom is 0.407 e. The Balaban J connectivity index is 0.958. The van der Waals surface area contributed by atoms with Gasteiger partial charge in [0, 0.05) is 12.5 Å². The van der Waals surface area contributed by atoms with Crippen molar-refractivity contribution in [3.63, 3.8) is 0 Å². The first-order chi connectivity index (χ1) is 27.0. The zero-order valence-electron chi connectivity index (χ0n) is 32.8. The first kappa shape index (κ1) is 37.9. The van der Waals surface area contributed by atoms with Crippen LogP contribution in [0.25, 0.3) is 33.6 Å². The lowest BCUT2D eigenvalue weighted by Crippen LogP contribution is -2.52. The second-order valence-electron chi connectivity index (χ2n) is 16.1. The number of imidazole rings is 2. The van der Waals surface area contributed by atoms with Crippen LogP contribution in [0.1, 0.15) is 76.1 Å². The Hall–Kier alpha value is -5.05. The highest BCUT2D eigenvalue weighted by Crippen LogP contribution is 2.43. The molecular formula is C42H52N8O6. The van der Waals surface area contributed by atoms with Gasteiger partial charge in [-0.3, -0.25) is 14.5 Å². The van der Waals surface area contributed by atoms with E-state index in [0.29, 0.717) is 25.5 Å². The summed E-state index contributed by atoms with van der Waals surface area (Å²) < 4.78 is 16.8. The number of aromatic nitrogens is 4. The zero-order chi connectivity index (χ0) is 39.1. The number of hydrogen-bond donors (Lipinski definition) is 3. The summed E-state index contributed by atoms with van der Waals surface area (Å²) in [6.45, 7) is 4.89. The summed E-state index contributed by atoms with van der Waals surface area (Å²) in [4.78, 5) is 62.1. The molecule has 1 spiro atoms. The lowest BCUT2D eigenvalue weighted by atomic mass is 10.0. The van der Waals surface area contributed by atoms with Gasteiger partial charge in [-0.25, -0.2) is 14.8 Å². The SMILES string of the molecule is COC(=O)N[C@H](C(=O)N1CC2(C[C@H]1c1ncc(-c3ccc(-c4ccc(-c5cnc([C@@H]6CC[C@@H]7CCC[C@@H](N(C)C)C(=O)N76)[nH]5)cc4)cc3)[nH]1)OCCO2)C(C)C. The number of carbonyl (C=O) groups is 3. The van der Waals surface area contributed by atoms with Gasteiger partial charge in [-0.15, -0.1) is 0 Å². The Kier molecular flexibility index (Phi) is 10.5. The summed E-state index contributed by atoms with van der Waals surface area (Å²) in [5, 5.41) is 2.70. The number of nitrogens with one attached hydrogen (secondary N) is 3. The van der Waals surface area contributed by atoms with Crippen molar-refractivity contribution in [3.05, 3.63) is 72.6 Å². The minimum atomic E-state index is -0.917. The van der Waals surface area contributed by atoms with Gasteiger partial charge in [0.2, 0.25) is 11.8 Å². The minimum Gasteiger partial charge on any atom is -0.453 e. The van der Waals surface area contributed by atoms with Crippen molar-refractivity contribution in [2.75, 3.05) is 41.0 Å². The Morgan fingerprint density at radius 2 is 1.43 bits per heavy atom. The van der Waals surface area contributed by atoms with Gasteiger partial charge in [-0.2, -0.15) is 0 Å². The van der Waals surface area contributed by atoms with Crippen molar-refractivity contribution >= 4 is 17.9 Å². The number of ether oxygens (including phenoxy) is 3. The van der Waals surface area contributed by atoms with E-state index in [1.54, 1.807) is 11.1 Å². The minimum absolute atomic E-state index is 0.0235. The number of hydrogen-bond acceptors (Lipinski definition) is 9. The van der Waals surface area contributed by atoms with E-state index in [4.69, 9.17) is 24.2 Å². The highest BCUT2D eigenvalue weighted by molar-refractivity contribution is 5.86. The molecular weight excluding hydrogens is 713 g/mol. The highest BCUT2D eigenvalue weighted by atomic mass is 16.7. The van der Waals surface area contributed by atoms with Crippen molar-refractivity contribution in [3.8, 4) is 33.6 Å². The molecule has 2 aromatic heterocycles. The third kappa shape index (κ3) is 7.21. The summed E-state index contributed by atoms with van der Waals surface area (Å²) >= 11 is 0. The van der Waals surface area contributed by atoms with Gasteiger partial charge < -0.3 is 39.3 Å². The monoisotopic (exact) mass is 764 g/mol. The summed E-state index contributed by atoms with van der Waals surface area (Å²) in [5.41, 5.74) is 5.89. The van der Waals surface area contributed by atoms with Crippen LogP contribution in [0.4, 0.5) is 4.79 Å². The fraction of sp³-hybridized carbons (Fsp3) is 0.500. The number of benzene rings is 2. The first-order valence-electron chi connectivity index (χ1n) is 19.8. The van der Waals surface area contributed by atoms with Crippen LogP contribution in [0.5, 0.6) is 0 Å². The second kappa shape index (κ2) is 15.5. The van der Waals surface area contributed by atoms with Crippen LogP contribution < -0.4 is 5.32 Å². The Bertz CT molecular complexity index is 2040. The van der Waals surface area contributed by atoms with Crippen LogP contribution in [0.15, 0.2) is 60.9 Å². The van der Waals surface area contributed by atoms with E-state index >= 15 is 0 Å². The molecule has 0 aliphatic carbocycles. The van der Waals surface area contributed by atoms with Gasteiger partial charge >= 0.3 is 6.09 Å². The fourth-order valence-corrected chi connectivity index (χ4v) is 8.98. The van der Waals surface area contributed by atoms with Crippen LogP contribution in [0, 0.1) is 5.92 Å². The van der Waals surface area contributed by atoms with Crippen molar-refractivity contribution in [1.29, 1.82) is 0 Å². The molecule has 4 aromatic rings. The van der Waals surface area contributed by atoms with Crippen LogP contribution in [-0.2, 0) is 23.8 Å². The van der Waals surface area contributed by atoms with E-state index < -0.39 is 24.0 Å². The summed E-state index contributed by atoms with van der Waals surface area (Å²) in [6.07, 6.45) is 8.39. The molecule has 0 unspecified atom stereocenters. The summed E-state index contributed by atoms with van der Waals surface area (Å²) in [6, 6.07) is 15.6. The van der Waals surface area contributed by atoms with Crippen molar-refractivity contribution < 1.29 is 28.6 Å². The lowest BCUT2D eigenvalue weighted by molar-refractivity contribution is -0.153. The number of likely N-dealkylation sites (N-methyl/N-ethyl adjacent to an activating group) is 1. The molecule has 6 heterocycles. The molecule has 3 amide bonds. The predicted molar refractivity (Wildman–Crippen MR) is 209 cm³/mol. The first-order valence-corrected chi connectivity index (χ1v) is 19.8. The molecule has 5 atom stereocenters. The van der Waals surface area contributed by atoms with E-state index in [1.165, 1.54) is 7.11 Å². The van der Waals surface area contributed by atoms with Crippen LogP contribution >= 0.6 is 0 Å². The number of aromatic amines is 2. The zero-order valence-corrected chi connectivity index (χ0v) is 32.8. The molecule has 0 saturated carbocycles. The van der Waals surface area contributed by atoms with Crippen LogP contribution in [0.2, 0.25) is 0 Å². The third-order valence-corrected chi connectivity index (χ3v) is 12.0. The second-order valence-corrected chi connectivity index (χ2v) is 16.1. The number of nitrogens with zero attached hydrogens (tertiary/aromatic N) is 5. The largest absolute Gasteiger partial charge is 0.453 e. The van der Waals surface area contributed by atoms with E-state index in [9.17, 15) is 14.4 Å². The smallest absolute Gasteiger partial charge is 0.407 e. The van der Waals surface area contributed by atoms with Crippen LogP contribution in [-0.4, -0.2) is 117 Å². The fourth-order valence-electron chi connectivity index (χ4n) is 8.98. The molecule has 0 bridgehead atoms. The standard InChI is InChI=1S/C42H52N8O6/c1-25(2)36(47-41(53)54-5)40(52)49-24-42(55-19-20-56-42)21-35(49)38-44-23-32(46-38)29-15-11-27(12-16-29)26-9-13-28(14-10-26)31-22-43-37(45-31)33-18-17-30-7-6-8-34(48(3)4)39(51)50(30)33/h9-16,22-23,25,30,33-36H,6-8,17-21,24H2,1-5H3,(H,43,45)(H,44,46)(H,47,53)/t30-,33-,34+,35-,36-/m0/s1. The number of rotatable bonds is 9. The van der Waals surface area contributed by atoms with Gasteiger partial charge in [0.05, 0.1) is 68.8 Å². The molecule has 296 valence electrons. The average Bonchev–Trinajstić information content (AvgIpc) is 4.05. The number of methoxy groups -OCH3 is 1. The topological polar surface area (TPSA) is 158 Å². The van der Waals surface area contributed by atoms with Gasteiger partial charge in [0.1, 0.15) is 17.7 Å². The van der Waals surface area contributed by atoms with E-state index in [0.717, 1.165) is 71.6 Å². The molecule has 8 rings (SSSR count). The van der Waals surface area contributed by atoms with E-state index in [-0.39, 0.29) is 42.4 Å². The molecule has 0 radical (unpaired) electrons. The molecule has 4 aliphatic heterocycles. The summed E-state index contributed by atoms with van der Waals surface area (Å²) in [5.74, 6) is 0.363. The van der Waals surface area contributed by atoms with Gasteiger partial charge in [0.25, 0.3) is 0 Å². The molecule has 14 heteroatoms. The number of amides is 3. The number of carbonyl (C=O) groups excluding carboxylic acids is 3. The van der Waals surface area contributed by atoms with Crippen molar-refractivity contribution in [1.82, 2.24) is 40.0 Å². The Morgan fingerprint density at radius 3 is 1.98 bits per heavy atom. The number of fused-ring (bicyclic) bond motifs is 1. The maximum atomic E-state index is 13.9. The average molecular weight is 765 g/mol. The molecule has 56 heavy (non-hydrogen) atoms. The third-order valence-electron chi connectivity index (χ3n) is 12.0. The normalized spacial score (nSPS) is 23.9. The predicted octanol–water partition coefficient (Wildman–Crippen LogP) is 5.68.